The number of aliphatic hydroxyl groups is 4. The number of aliphatic hydroxyl groups excluding tert-OH is 4. The Morgan fingerprint density at radius 2 is 1.74 bits per heavy atom. The molecule has 4 saturated carbocycles. The molecule has 0 aromatic rings. The maximum absolute atomic E-state index is 14.3. The number of hydrogen-bond donors (Lipinski definition) is 4. The van der Waals surface area contributed by atoms with Crippen LogP contribution in [0, 0.1) is 52.3 Å². The van der Waals surface area contributed by atoms with Crippen LogP contribution in [-0.2, 0) is 23.7 Å². The molecular weight excluding hydrogens is 540 g/mol. The summed E-state index contributed by atoms with van der Waals surface area (Å²) >= 11 is 0. The molecule has 9 nitrogen and oxygen atoms in total. The van der Waals surface area contributed by atoms with Crippen LogP contribution in [0.2, 0.25) is 0 Å². The van der Waals surface area contributed by atoms with Crippen molar-refractivity contribution in [2.75, 3.05) is 13.2 Å². The van der Waals surface area contributed by atoms with Gasteiger partial charge in [-0.05, 0) is 85.4 Å². The van der Waals surface area contributed by atoms with Gasteiger partial charge < -0.3 is 39.4 Å². The maximum atomic E-state index is 14.3. The van der Waals surface area contributed by atoms with Gasteiger partial charge in [-0.25, -0.2) is 0 Å². The van der Waals surface area contributed by atoms with Crippen LogP contribution in [0.5, 0.6) is 0 Å². The number of carbonyl (C=O) groups excluding carboxylic acids is 1. The predicted molar refractivity (Wildman–Crippen MR) is 151 cm³/mol. The van der Waals surface area contributed by atoms with E-state index in [0.717, 1.165) is 58.0 Å². The molecule has 4 aliphatic carbocycles. The molecule has 3 saturated heterocycles. The normalized spacial score (nSPS) is 59.2. The van der Waals surface area contributed by atoms with Crippen molar-refractivity contribution in [1.82, 2.24) is 0 Å². The summed E-state index contributed by atoms with van der Waals surface area (Å²) in [5, 5.41) is 40.4. The van der Waals surface area contributed by atoms with Crippen LogP contribution in [0.15, 0.2) is 0 Å². The summed E-state index contributed by atoms with van der Waals surface area (Å²) in [6.07, 6.45) is 1.88. The molecule has 0 aromatic carbocycles. The fourth-order valence-electron chi connectivity index (χ4n) is 11.5. The number of ketones is 1. The van der Waals surface area contributed by atoms with Crippen LogP contribution in [0.1, 0.15) is 85.5 Å². The van der Waals surface area contributed by atoms with Crippen molar-refractivity contribution < 1.29 is 44.2 Å². The lowest BCUT2D eigenvalue weighted by molar-refractivity contribution is -0.316. The van der Waals surface area contributed by atoms with Gasteiger partial charge >= 0.3 is 0 Å². The quantitative estimate of drug-likeness (QED) is 0.365. The smallest absolute Gasteiger partial charge is 0.186 e. The average Bonchev–Trinajstić information content (AvgIpc) is 3.40. The van der Waals surface area contributed by atoms with Gasteiger partial charge in [0.05, 0.1) is 25.4 Å². The average molecular weight is 593 g/mol. The van der Waals surface area contributed by atoms with Crippen LogP contribution >= 0.6 is 0 Å². The third-order valence-corrected chi connectivity index (χ3v) is 13.7. The van der Waals surface area contributed by atoms with E-state index in [0.29, 0.717) is 41.8 Å². The van der Waals surface area contributed by atoms with E-state index in [2.05, 4.69) is 27.7 Å². The molecule has 0 bridgehead atoms. The van der Waals surface area contributed by atoms with Crippen LogP contribution in [-0.4, -0.2) is 88.1 Å². The van der Waals surface area contributed by atoms with Gasteiger partial charge in [0.25, 0.3) is 0 Å². The van der Waals surface area contributed by atoms with Crippen LogP contribution in [0.4, 0.5) is 0 Å². The topological polar surface area (TPSA) is 135 Å². The van der Waals surface area contributed by atoms with Crippen molar-refractivity contribution in [2.45, 2.75) is 134 Å². The van der Waals surface area contributed by atoms with Crippen molar-refractivity contribution in [3.63, 3.8) is 0 Å². The molecule has 17 atom stereocenters. The Balaban J connectivity index is 1.05. The van der Waals surface area contributed by atoms with Gasteiger partial charge in [-0.3, -0.25) is 4.79 Å². The zero-order valence-corrected chi connectivity index (χ0v) is 25.7. The van der Waals surface area contributed by atoms with E-state index in [1.54, 1.807) is 0 Å². The highest BCUT2D eigenvalue weighted by Crippen LogP contribution is 2.70. The molecule has 0 aromatic heterocycles. The first-order valence-electron chi connectivity index (χ1n) is 16.7. The van der Waals surface area contributed by atoms with Crippen molar-refractivity contribution in [3.8, 4) is 0 Å². The summed E-state index contributed by atoms with van der Waals surface area (Å²) in [5.41, 5.74) is -0.143. The first-order chi connectivity index (χ1) is 19.9. The summed E-state index contributed by atoms with van der Waals surface area (Å²) in [6.45, 7) is 9.57. The lowest BCUT2D eigenvalue weighted by atomic mass is 9.44. The summed E-state index contributed by atoms with van der Waals surface area (Å²) in [6, 6.07) is 0. The number of hydrogen-bond acceptors (Lipinski definition) is 9. The summed E-state index contributed by atoms with van der Waals surface area (Å²) in [4.78, 5) is 14.3. The van der Waals surface area contributed by atoms with Crippen molar-refractivity contribution in [1.29, 1.82) is 0 Å². The lowest BCUT2D eigenvalue weighted by Crippen LogP contribution is -2.61. The van der Waals surface area contributed by atoms with Crippen LogP contribution in [0.3, 0.4) is 0 Å². The molecule has 0 radical (unpaired) electrons. The first-order valence-corrected chi connectivity index (χ1v) is 16.7. The lowest BCUT2D eigenvalue weighted by Gasteiger charge is -2.60. The summed E-state index contributed by atoms with van der Waals surface area (Å²) in [5.74, 6) is 2.42. The fourth-order valence-corrected chi connectivity index (χ4v) is 11.5. The molecule has 3 heterocycles. The minimum Gasteiger partial charge on any atom is -0.394 e. The standard InChI is InChI=1S/C33H52O9/c1-16-7-10-33(39-15-16)17(2)25-23(42-33)12-21-20-6-5-18-11-19(40-30-29(38)28(37)27(36)24(14-34)41-30)8-9-31(18,3)26(20)22(35)13-32(21,25)4/h16-21,23-30,34,36-38H,5-15H2,1-4H3/t16-,17+,18+,19+,20+,21+,23?,24-,25?,26-,27+,28+,29-,30-,31+,32+,33-/m1/s1. The van der Waals surface area contributed by atoms with Gasteiger partial charge in [-0.1, -0.05) is 27.7 Å². The Labute approximate surface area is 249 Å². The molecular formula is C33H52O9. The van der Waals surface area contributed by atoms with E-state index in [4.69, 9.17) is 18.9 Å². The van der Waals surface area contributed by atoms with Gasteiger partial charge in [0.2, 0.25) is 0 Å². The monoisotopic (exact) mass is 592 g/mol. The highest BCUT2D eigenvalue weighted by Gasteiger charge is 2.70. The van der Waals surface area contributed by atoms with E-state index < -0.39 is 43.1 Å². The van der Waals surface area contributed by atoms with Crippen LogP contribution < -0.4 is 0 Å². The molecule has 7 rings (SSSR count). The molecule has 3 aliphatic heterocycles. The van der Waals surface area contributed by atoms with Gasteiger partial charge in [-0.15, -0.1) is 0 Å². The van der Waals surface area contributed by atoms with Gasteiger partial charge in [0.1, 0.15) is 30.2 Å². The number of fused-ring (bicyclic) bond motifs is 7. The SMILES string of the molecule is C[C@@H]1CC[C@@]2(OC1)OC1C[C@H]3[C@@H]4CC[C@H]5C[C@@H](O[C@@H]6O[C@H](CO)[C@H](O)[C@H](O)[C@H]6O)CC[C@]5(C)[C@H]4C(=O)C[C@]3(C)C1[C@@H]2C. The number of ether oxygens (including phenoxy) is 4. The molecule has 238 valence electrons. The Morgan fingerprint density at radius 1 is 0.952 bits per heavy atom. The second-order valence-corrected chi connectivity index (χ2v) is 15.9. The van der Waals surface area contributed by atoms with Crippen LogP contribution in [0.25, 0.3) is 0 Å². The third kappa shape index (κ3) is 4.28. The van der Waals surface area contributed by atoms with E-state index in [1.165, 1.54) is 0 Å². The minimum absolute atomic E-state index is 0.0507. The van der Waals surface area contributed by atoms with Crippen molar-refractivity contribution >= 4 is 5.78 Å². The Morgan fingerprint density at radius 3 is 2.45 bits per heavy atom. The largest absolute Gasteiger partial charge is 0.394 e. The van der Waals surface area contributed by atoms with E-state index in [-0.39, 0.29) is 34.9 Å². The minimum atomic E-state index is -1.44. The Kier molecular flexibility index (Phi) is 7.47. The number of carbonyl (C=O) groups is 1. The van der Waals surface area contributed by atoms with Gasteiger partial charge in [0.15, 0.2) is 12.1 Å². The third-order valence-electron chi connectivity index (χ3n) is 13.7. The molecule has 2 unspecified atom stereocenters. The van der Waals surface area contributed by atoms with Gasteiger partial charge in [-0.2, -0.15) is 0 Å². The van der Waals surface area contributed by atoms with Gasteiger partial charge in [0, 0.05) is 24.7 Å². The molecule has 4 N–H and O–H groups in total. The molecule has 9 heteroatoms. The highest BCUT2D eigenvalue weighted by atomic mass is 16.7. The second-order valence-electron chi connectivity index (χ2n) is 15.9. The summed E-state index contributed by atoms with van der Waals surface area (Å²) in [7, 11) is 0. The molecule has 42 heavy (non-hydrogen) atoms. The molecule has 0 amide bonds. The highest BCUT2D eigenvalue weighted by molar-refractivity contribution is 5.84. The van der Waals surface area contributed by atoms with E-state index in [9.17, 15) is 25.2 Å². The van der Waals surface area contributed by atoms with Crippen molar-refractivity contribution in [2.24, 2.45) is 52.3 Å². The summed E-state index contributed by atoms with van der Waals surface area (Å²) < 4.78 is 25.1. The fraction of sp³-hybridized carbons (Fsp3) is 0.970. The second kappa shape index (κ2) is 10.4. The number of Topliss-reactive ketones (excluding diaryl/α,β-unsaturated/α-hetero) is 1. The first kappa shape index (κ1) is 30.0. The van der Waals surface area contributed by atoms with E-state index in [1.807, 2.05) is 0 Å². The predicted octanol–water partition coefficient (Wildman–Crippen LogP) is 2.80. The zero-order valence-electron chi connectivity index (χ0n) is 25.7. The van der Waals surface area contributed by atoms with E-state index >= 15 is 0 Å². The molecule has 7 fully saturated rings. The Bertz CT molecular complexity index is 1040. The zero-order chi connectivity index (χ0) is 29.8. The van der Waals surface area contributed by atoms with Crippen molar-refractivity contribution in [3.05, 3.63) is 0 Å². The molecule has 7 aliphatic rings. The number of rotatable bonds is 3. The molecule has 1 spiro atoms. The maximum Gasteiger partial charge on any atom is 0.186 e. The Hall–Kier alpha value is -0.650.